The summed E-state index contributed by atoms with van der Waals surface area (Å²) < 4.78 is 22.1. The predicted octanol–water partition coefficient (Wildman–Crippen LogP) is 16.4. The minimum absolute atomic E-state index is 0.228. The van der Waals surface area contributed by atoms with Gasteiger partial charge in [0.1, 0.15) is 23.0 Å². The Hall–Kier alpha value is -6.80. The third-order valence-electron chi connectivity index (χ3n) is 12.8. The van der Waals surface area contributed by atoms with Crippen LogP contribution in [0, 0.1) is 5.92 Å². The molecule has 0 aliphatic rings. The SMILES string of the molecule is CCCCCCCCCCc1ccc(-c2ccc(C(=O)Oc3ccc(OC(=O)CC(C)C(=O)Oc4ccc(OC(=O)c5ccc(-c6ccc(CCCCCCCCCC)cc6)cc5)cc4)cc3)cc2)cc1. The first-order chi connectivity index (χ1) is 34.7. The van der Waals surface area contributed by atoms with Crippen molar-refractivity contribution in [3.8, 4) is 45.3 Å². The molecule has 0 amide bonds. The Morgan fingerprint density at radius 1 is 0.352 bits per heavy atom. The van der Waals surface area contributed by atoms with E-state index in [0.29, 0.717) is 16.9 Å². The molecule has 0 aromatic heterocycles. The first kappa shape index (κ1) is 53.5. The lowest BCUT2D eigenvalue weighted by molar-refractivity contribution is -0.144. The summed E-state index contributed by atoms with van der Waals surface area (Å²) in [5, 5.41) is 0. The van der Waals surface area contributed by atoms with Crippen LogP contribution < -0.4 is 18.9 Å². The van der Waals surface area contributed by atoms with Crippen molar-refractivity contribution in [3.63, 3.8) is 0 Å². The van der Waals surface area contributed by atoms with E-state index in [1.165, 1.54) is 162 Å². The molecule has 1 unspecified atom stereocenters. The van der Waals surface area contributed by atoms with Gasteiger partial charge in [0.25, 0.3) is 0 Å². The van der Waals surface area contributed by atoms with E-state index in [2.05, 4.69) is 62.4 Å². The normalized spacial score (nSPS) is 11.4. The smallest absolute Gasteiger partial charge is 0.343 e. The molecule has 0 spiro atoms. The summed E-state index contributed by atoms with van der Waals surface area (Å²) in [6, 6.07) is 44.2. The summed E-state index contributed by atoms with van der Waals surface area (Å²) in [5.41, 5.74) is 7.72. The van der Waals surface area contributed by atoms with Crippen molar-refractivity contribution in [2.24, 2.45) is 5.92 Å². The second-order valence-corrected chi connectivity index (χ2v) is 18.7. The highest BCUT2D eigenvalue weighted by Gasteiger charge is 2.21. The van der Waals surface area contributed by atoms with Crippen LogP contribution in [0.1, 0.15) is 162 Å². The van der Waals surface area contributed by atoms with Crippen LogP contribution in [-0.4, -0.2) is 23.9 Å². The van der Waals surface area contributed by atoms with Gasteiger partial charge in [-0.05, 0) is 132 Å². The van der Waals surface area contributed by atoms with Gasteiger partial charge in [0.15, 0.2) is 0 Å². The molecule has 6 aromatic carbocycles. The zero-order valence-electron chi connectivity index (χ0n) is 42.1. The van der Waals surface area contributed by atoms with Crippen molar-refractivity contribution in [1.29, 1.82) is 0 Å². The topological polar surface area (TPSA) is 105 Å². The predicted molar refractivity (Wildman–Crippen MR) is 284 cm³/mol. The van der Waals surface area contributed by atoms with Gasteiger partial charge in [-0.25, -0.2) is 9.59 Å². The van der Waals surface area contributed by atoms with Crippen LogP contribution in [0.3, 0.4) is 0 Å². The molecule has 372 valence electrons. The monoisotopic (exact) mass is 957 g/mol. The van der Waals surface area contributed by atoms with E-state index >= 15 is 0 Å². The van der Waals surface area contributed by atoms with E-state index in [1.807, 2.05) is 24.3 Å². The van der Waals surface area contributed by atoms with Crippen molar-refractivity contribution < 1.29 is 38.1 Å². The molecular weight excluding hydrogens is 885 g/mol. The van der Waals surface area contributed by atoms with E-state index in [9.17, 15) is 19.2 Å². The minimum atomic E-state index is -0.809. The van der Waals surface area contributed by atoms with E-state index in [0.717, 1.165) is 35.1 Å². The summed E-state index contributed by atoms with van der Waals surface area (Å²) in [6.45, 7) is 6.08. The first-order valence-corrected chi connectivity index (χ1v) is 26.1. The summed E-state index contributed by atoms with van der Waals surface area (Å²) in [7, 11) is 0. The van der Waals surface area contributed by atoms with Crippen LogP contribution in [0.2, 0.25) is 0 Å². The number of carbonyl (C=O) groups is 4. The molecule has 0 heterocycles. The van der Waals surface area contributed by atoms with Gasteiger partial charge in [-0.15, -0.1) is 0 Å². The fraction of sp³-hybridized carbons (Fsp3) is 0.365. The molecule has 8 nitrogen and oxygen atoms in total. The second-order valence-electron chi connectivity index (χ2n) is 18.7. The maximum absolute atomic E-state index is 12.9. The average molecular weight is 957 g/mol. The Bertz CT molecular complexity index is 2530. The summed E-state index contributed by atoms with van der Waals surface area (Å²) >= 11 is 0. The molecule has 0 fully saturated rings. The van der Waals surface area contributed by atoms with Gasteiger partial charge in [0.2, 0.25) is 0 Å². The van der Waals surface area contributed by atoms with Crippen molar-refractivity contribution in [2.45, 2.75) is 143 Å². The van der Waals surface area contributed by atoms with Crippen LogP contribution in [0.4, 0.5) is 0 Å². The Kier molecular flexibility index (Phi) is 22.2. The fourth-order valence-electron chi connectivity index (χ4n) is 8.46. The van der Waals surface area contributed by atoms with Crippen molar-refractivity contribution >= 4 is 23.9 Å². The number of rotatable bonds is 29. The highest BCUT2D eigenvalue weighted by Crippen LogP contribution is 2.26. The highest BCUT2D eigenvalue weighted by atomic mass is 16.6. The molecule has 0 saturated carbocycles. The van der Waals surface area contributed by atoms with Gasteiger partial charge >= 0.3 is 23.9 Å². The number of unbranched alkanes of at least 4 members (excludes halogenated alkanes) is 14. The van der Waals surface area contributed by atoms with Crippen LogP contribution in [0.5, 0.6) is 23.0 Å². The highest BCUT2D eigenvalue weighted by molar-refractivity contribution is 5.92. The van der Waals surface area contributed by atoms with E-state index in [1.54, 1.807) is 31.2 Å². The molecule has 8 heteroatoms. The lowest BCUT2D eigenvalue weighted by Gasteiger charge is -2.12. The quantitative estimate of drug-likeness (QED) is 0.0260. The molecule has 0 aliphatic carbocycles. The second kappa shape index (κ2) is 29.4. The lowest BCUT2D eigenvalue weighted by atomic mass is 10.00. The summed E-state index contributed by atoms with van der Waals surface area (Å²) in [6.07, 6.45) is 22.9. The Morgan fingerprint density at radius 2 is 0.648 bits per heavy atom. The van der Waals surface area contributed by atoms with Gasteiger partial charge in [-0.3, -0.25) is 9.59 Å². The van der Waals surface area contributed by atoms with Crippen molar-refractivity contribution in [1.82, 2.24) is 0 Å². The molecule has 0 aliphatic heterocycles. The van der Waals surface area contributed by atoms with Gasteiger partial charge in [0, 0.05) is 0 Å². The zero-order chi connectivity index (χ0) is 50.0. The third kappa shape index (κ3) is 18.5. The number of ether oxygens (including phenoxy) is 4. The molecule has 6 aromatic rings. The fourth-order valence-corrected chi connectivity index (χ4v) is 8.46. The summed E-state index contributed by atoms with van der Waals surface area (Å²) in [4.78, 5) is 51.5. The van der Waals surface area contributed by atoms with Crippen molar-refractivity contribution in [2.75, 3.05) is 0 Å². The zero-order valence-corrected chi connectivity index (χ0v) is 42.1. The first-order valence-electron chi connectivity index (χ1n) is 26.1. The minimum Gasteiger partial charge on any atom is -0.427 e. The molecule has 0 bridgehead atoms. The molecule has 6 rings (SSSR count). The van der Waals surface area contributed by atoms with Crippen LogP contribution >= 0.6 is 0 Å². The molecular formula is C63H72O8. The van der Waals surface area contributed by atoms with Crippen LogP contribution in [0.25, 0.3) is 22.3 Å². The van der Waals surface area contributed by atoms with Crippen molar-refractivity contribution in [3.05, 3.63) is 168 Å². The van der Waals surface area contributed by atoms with Gasteiger partial charge in [0.05, 0.1) is 23.5 Å². The van der Waals surface area contributed by atoms with Gasteiger partial charge in [-0.2, -0.15) is 0 Å². The molecule has 0 radical (unpaired) electrons. The molecule has 0 N–H and O–H groups in total. The molecule has 71 heavy (non-hydrogen) atoms. The number of esters is 4. The van der Waals surface area contributed by atoms with Crippen LogP contribution in [0.15, 0.2) is 146 Å². The Morgan fingerprint density at radius 3 is 1.00 bits per heavy atom. The van der Waals surface area contributed by atoms with E-state index in [4.69, 9.17) is 18.9 Å². The van der Waals surface area contributed by atoms with Gasteiger partial charge < -0.3 is 18.9 Å². The van der Waals surface area contributed by atoms with Crippen LogP contribution in [-0.2, 0) is 22.4 Å². The Balaban J connectivity index is 0.865. The maximum atomic E-state index is 12.9. The Labute approximate surface area is 422 Å². The number of hydrogen-bond acceptors (Lipinski definition) is 8. The maximum Gasteiger partial charge on any atom is 0.343 e. The lowest BCUT2D eigenvalue weighted by Crippen LogP contribution is -2.23. The molecule has 1 atom stereocenters. The largest absolute Gasteiger partial charge is 0.427 e. The van der Waals surface area contributed by atoms with E-state index < -0.39 is 29.8 Å². The number of aryl methyl sites for hydroxylation is 2. The average Bonchev–Trinajstić information content (AvgIpc) is 3.39. The number of benzene rings is 6. The summed E-state index contributed by atoms with van der Waals surface area (Å²) in [5.74, 6) is -2.03. The van der Waals surface area contributed by atoms with Gasteiger partial charge in [-0.1, -0.05) is 183 Å². The van der Waals surface area contributed by atoms with E-state index in [-0.39, 0.29) is 23.7 Å². The third-order valence-corrected chi connectivity index (χ3v) is 12.8. The number of carbonyl (C=O) groups excluding carboxylic acids is 4. The standard InChI is InChI=1S/C63H72O8/c1-4-6-8-10-12-14-16-18-20-48-22-26-50(27-23-48)52-30-34-54(35-31-52)62(66)70-58-40-38-56(39-41-58)68-60(64)46-47(3)61(65)69-57-42-44-59(45-43-57)71-63(67)55-36-32-53(33-37-55)51-28-24-49(25-29-51)21-19-17-15-13-11-9-7-5-2/h22-45,47H,4-21,46H2,1-3H3. The number of hydrogen-bond donors (Lipinski definition) is 0. The molecule has 0 saturated heterocycles.